The van der Waals surface area contributed by atoms with Crippen LogP contribution in [0, 0.1) is 0 Å². The summed E-state index contributed by atoms with van der Waals surface area (Å²) in [5.74, 6) is 1.11. The van der Waals surface area contributed by atoms with Crippen LogP contribution in [-0.4, -0.2) is 95.3 Å². The van der Waals surface area contributed by atoms with Crippen molar-refractivity contribution in [2.24, 2.45) is 15.7 Å². The number of rotatable bonds is 10. The Kier molecular flexibility index (Phi) is 8.02. The third-order valence-corrected chi connectivity index (χ3v) is 7.05. The molecule has 11 nitrogen and oxygen atoms in total. The first-order valence-corrected chi connectivity index (χ1v) is 13.2. The number of hydrogen-bond donors (Lipinski definition) is 6. The minimum Gasteiger partial charge on any atom is -0.361 e. The van der Waals surface area contributed by atoms with Gasteiger partial charge in [-0.3, -0.25) is 5.73 Å². The van der Waals surface area contributed by atoms with Crippen molar-refractivity contribution in [2.75, 3.05) is 52.9 Å². The van der Waals surface area contributed by atoms with Gasteiger partial charge in [-0.15, -0.1) is 0 Å². The fourth-order valence-corrected chi connectivity index (χ4v) is 4.83. The maximum atomic E-state index is 6.71. The third kappa shape index (κ3) is 6.88. The first kappa shape index (κ1) is 25.2. The van der Waals surface area contributed by atoms with Crippen molar-refractivity contribution in [3.05, 3.63) is 54.2 Å². The molecule has 2 aliphatic heterocycles. The zero-order valence-corrected chi connectivity index (χ0v) is 21.6. The highest BCUT2D eigenvalue weighted by molar-refractivity contribution is 5.97. The summed E-state index contributed by atoms with van der Waals surface area (Å²) in [6, 6.07) is 8.35. The molecule has 1 fully saturated rings. The topological polar surface area (TPSA) is 138 Å². The number of benzene rings is 1. The molecule has 2 aromatic heterocycles. The number of aliphatic imine (C=N–C) groups is 2. The predicted octanol–water partition coefficient (Wildman–Crippen LogP) is 0.811. The second kappa shape index (κ2) is 11.8. The summed E-state index contributed by atoms with van der Waals surface area (Å²) in [6.45, 7) is 7.12. The number of guanidine groups is 2. The van der Waals surface area contributed by atoms with E-state index in [-0.39, 0.29) is 0 Å². The van der Waals surface area contributed by atoms with Crippen molar-refractivity contribution in [3.8, 4) is 0 Å². The van der Waals surface area contributed by atoms with Gasteiger partial charge in [-0.25, -0.2) is 9.98 Å². The van der Waals surface area contributed by atoms with Crippen LogP contribution in [0.5, 0.6) is 0 Å². The van der Waals surface area contributed by atoms with E-state index in [4.69, 9.17) is 15.7 Å². The number of likely N-dealkylation sites (N-methyl/N-ethyl adjacent to an activating group) is 1. The summed E-state index contributed by atoms with van der Waals surface area (Å²) in [5, 5.41) is 11.4. The Balaban J connectivity index is 1.18. The van der Waals surface area contributed by atoms with Crippen LogP contribution < -0.4 is 21.7 Å². The SMILES string of the molecule is CN1CCN(CCCNC2=NC(NCCc3c[nH]c4ccccc34)=NC(N)(CCc3ncc[nH]3)N2)CC1. The van der Waals surface area contributed by atoms with Crippen LogP contribution in [0.4, 0.5) is 0 Å². The maximum Gasteiger partial charge on any atom is 0.224 e. The average Bonchev–Trinajstić information content (AvgIpc) is 3.57. The smallest absolute Gasteiger partial charge is 0.224 e. The number of hydrogen-bond acceptors (Lipinski definition) is 9. The van der Waals surface area contributed by atoms with Crippen molar-refractivity contribution in [1.29, 1.82) is 0 Å². The number of nitrogens with zero attached hydrogens (tertiary/aromatic N) is 5. The van der Waals surface area contributed by atoms with Gasteiger partial charge in [-0.1, -0.05) is 18.2 Å². The molecular formula is C26H39N11. The lowest BCUT2D eigenvalue weighted by Crippen LogP contribution is -2.61. The normalized spacial score (nSPS) is 20.9. The van der Waals surface area contributed by atoms with Crippen molar-refractivity contribution >= 4 is 22.8 Å². The Labute approximate surface area is 218 Å². The van der Waals surface area contributed by atoms with Gasteiger partial charge in [-0.05, 0) is 38.1 Å². The van der Waals surface area contributed by atoms with E-state index >= 15 is 0 Å². The number of nitrogens with one attached hydrogen (secondary N) is 5. The summed E-state index contributed by atoms with van der Waals surface area (Å²) < 4.78 is 0. The average molecular weight is 506 g/mol. The molecule has 0 aliphatic carbocycles. The lowest BCUT2D eigenvalue weighted by molar-refractivity contribution is 0.153. The van der Waals surface area contributed by atoms with Crippen molar-refractivity contribution in [1.82, 2.24) is 40.7 Å². The molecule has 1 unspecified atom stereocenters. The minimum absolute atomic E-state index is 0.544. The largest absolute Gasteiger partial charge is 0.361 e. The summed E-state index contributed by atoms with van der Waals surface area (Å²) in [6.07, 6.45) is 8.79. The second-order valence-corrected chi connectivity index (χ2v) is 9.94. The molecule has 0 saturated carbocycles. The van der Waals surface area contributed by atoms with E-state index in [1.54, 1.807) is 6.20 Å². The molecule has 1 aromatic carbocycles. The van der Waals surface area contributed by atoms with Crippen LogP contribution >= 0.6 is 0 Å². The molecule has 5 rings (SSSR count). The van der Waals surface area contributed by atoms with E-state index in [1.807, 2.05) is 12.3 Å². The zero-order chi connectivity index (χ0) is 25.5. The van der Waals surface area contributed by atoms with Crippen LogP contribution in [0.2, 0.25) is 0 Å². The van der Waals surface area contributed by atoms with E-state index < -0.39 is 5.79 Å². The lowest BCUT2D eigenvalue weighted by Gasteiger charge is -2.33. The van der Waals surface area contributed by atoms with Crippen molar-refractivity contribution < 1.29 is 0 Å². The Hall–Kier alpha value is -3.41. The second-order valence-electron chi connectivity index (χ2n) is 9.94. The molecule has 0 bridgehead atoms. The van der Waals surface area contributed by atoms with Gasteiger partial charge in [0.05, 0.1) is 0 Å². The predicted molar refractivity (Wildman–Crippen MR) is 148 cm³/mol. The fourth-order valence-electron chi connectivity index (χ4n) is 4.83. The van der Waals surface area contributed by atoms with Crippen LogP contribution in [-0.2, 0) is 12.8 Å². The molecule has 7 N–H and O–H groups in total. The molecule has 0 spiro atoms. The summed E-state index contributed by atoms with van der Waals surface area (Å²) in [4.78, 5) is 25.1. The van der Waals surface area contributed by atoms with Crippen LogP contribution in [0.1, 0.15) is 24.2 Å². The van der Waals surface area contributed by atoms with Crippen molar-refractivity contribution in [3.63, 3.8) is 0 Å². The van der Waals surface area contributed by atoms with Gasteiger partial charge < -0.3 is 35.7 Å². The molecule has 0 amide bonds. The number of nitrogens with two attached hydrogens (primary N) is 1. The Morgan fingerprint density at radius 3 is 2.76 bits per heavy atom. The van der Waals surface area contributed by atoms with Crippen LogP contribution in [0.3, 0.4) is 0 Å². The molecule has 2 aliphatic rings. The molecule has 1 atom stereocenters. The van der Waals surface area contributed by atoms with Gasteiger partial charge in [0.15, 0.2) is 5.79 Å². The van der Waals surface area contributed by atoms with Gasteiger partial charge in [0, 0.05) is 81.6 Å². The van der Waals surface area contributed by atoms with Gasteiger partial charge >= 0.3 is 0 Å². The first-order valence-electron chi connectivity index (χ1n) is 13.2. The molecular weight excluding hydrogens is 466 g/mol. The van der Waals surface area contributed by atoms with E-state index in [0.717, 1.165) is 63.5 Å². The quantitative estimate of drug-likeness (QED) is 0.224. The minimum atomic E-state index is -0.975. The highest BCUT2D eigenvalue weighted by Crippen LogP contribution is 2.18. The van der Waals surface area contributed by atoms with Gasteiger partial charge in [0.2, 0.25) is 11.9 Å². The molecule has 11 heteroatoms. The Morgan fingerprint density at radius 2 is 1.92 bits per heavy atom. The number of piperazine rings is 1. The van der Waals surface area contributed by atoms with Crippen molar-refractivity contribution in [2.45, 2.75) is 31.5 Å². The molecule has 3 aromatic rings. The molecule has 37 heavy (non-hydrogen) atoms. The highest BCUT2D eigenvalue weighted by atomic mass is 15.4. The molecule has 198 valence electrons. The standard InChI is InChI=1S/C26H39N11/c1-36-15-17-37(18-16-36)14-4-10-30-24-33-25(35-26(27,34-24)9-7-23-28-12-13-29-23)31-11-8-20-19-32-22-6-3-2-5-21(20)22/h2-3,5-6,12-13,19,32H,4,7-11,14-18,27H2,1H3,(H,28,29)(H3,30,31,33,34,35). The van der Waals surface area contributed by atoms with E-state index in [1.165, 1.54) is 10.9 Å². The molecule has 1 saturated heterocycles. The van der Waals surface area contributed by atoms with Crippen LogP contribution in [0.15, 0.2) is 52.8 Å². The lowest BCUT2D eigenvalue weighted by atomic mass is 10.1. The molecule has 4 heterocycles. The summed E-state index contributed by atoms with van der Waals surface area (Å²) in [7, 11) is 2.18. The number of H-pyrrole nitrogens is 2. The Bertz CT molecular complexity index is 1190. The van der Waals surface area contributed by atoms with E-state index in [9.17, 15) is 0 Å². The number of imidazole rings is 1. The molecule has 0 radical (unpaired) electrons. The monoisotopic (exact) mass is 505 g/mol. The Morgan fingerprint density at radius 1 is 1.05 bits per heavy atom. The van der Waals surface area contributed by atoms with E-state index in [0.29, 0.717) is 31.3 Å². The van der Waals surface area contributed by atoms with Gasteiger partial charge in [0.1, 0.15) is 5.82 Å². The number of para-hydroxylation sites is 1. The van der Waals surface area contributed by atoms with E-state index in [2.05, 4.69) is 72.1 Å². The zero-order valence-electron chi connectivity index (χ0n) is 21.6. The highest BCUT2D eigenvalue weighted by Gasteiger charge is 2.30. The maximum absolute atomic E-state index is 6.71. The van der Waals surface area contributed by atoms with Gasteiger partial charge in [0.25, 0.3) is 0 Å². The number of aromatic nitrogens is 3. The third-order valence-electron chi connectivity index (χ3n) is 7.05. The summed E-state index contributed by atoms with van der Waals surface area (Å²) >= 11 is 0. The van der Waals surface area contributed by atoms with Gasteiger partial charge in [-0.2, -0.15) is 4.99 Å². The number of aromatic amines is 2. The number of aryl methyl sites for hydroxylation is 1. The first-order chi connectivity index (χ1) is 18.1. The summed E-state index contributed by atoms with van der Waals surface area (Å²) in [5.41, 5.74) is 9.13. The number of fused-ring (bicyclic) bond motifs is 1. The van der Waals surface area contributed by atoms with Crippen LogP contribution in [0.25, 0.3) is 10.9 Å². The fraction of sp³-hybridized carbons (Fsp3) is 0.500.